The fourth-order valence-electron chi connectivity index (χ4n) is 4.99. The van der Waals surface area contributed by atoms with E-state index in [2.05, 4.69) is 31.9 Å². The Morgan fingerprint density at radius 2 is 1.97 bits per heavy atom. The zero-order chi connectivity index (χ0) is 22.4. The maximum atomic E-state index is 13.0. The van der Waals surface area contributed by atoms with E-state index in [4.69, 9.17) is 4.74 Å². The standard InChI is InChI=1S/C24H25N5O3S/c30-23-21-20(17-6-5-9-25-22(17)33-21)26-24(31)29(23)11-4-3-10-27-12-13-28-16(14-27)15-32-19-8-2-1-7-18(19)28/h1-2,5-9,16H,3-4,10-15H2,(H,26,31). The third-order valence-corrected chi connectivity index (χ3v) is 7.76. The lowest BCUT2D eigenvalue weighted by atomic mass is 10.1. The normalized spacial score (nSPS) is 18.3. The highest BCUT2D eigenvalue weighted by molar-refractivity contribution is 7.25. The van der Waals surface area contributed by atoms with E-state index in [1.54, 1.807) is 6.20 Å². The second kappa shape index (κ2) is 8.31. The Balaban J connectivity index is 1.09. The zero-order valence-corrected chi connectivity index (χ0v) is 19.0. The van der Waals surface area contributed by atoms with Crippen molar-refractivity contribution in [2.24, 2.45) is 0 Å². The summed E-state index contributed by atoms with van der Waals surface area (Å²) in [6.07, 6.45) is 3.41. The fraction of sp³-hybridized carbons (Fsp3) is 0.375. The Morgan fingerprint density at radius 1 is 1.09 bits per heavy atom. The predicted octanol–water partition coefficient (Wildman–Crippen LogP) is 2.66. The largest absolute Gasteiger partial charge is 0.489 e. The monoisotopic (exact) mass is 463 g/mol. The summed E-state index contributed by atoms with van der Waals surface area (Å²) in [5.74, 6) is 0.976. The number of hydrogen-bond acceptors (Lipinski definition) is 7. The third kappa shape index (κ3) is 3.61. The summed E-state index contributed by atoms with van der Waals surface area (Å²) in [4.78, 5) is 38.5. The SMILES string of the molecule is O=c1[nH]c2c(sc3ncccc32)c(=O)n1CCCCN1CCN2c3ccccc3OCC2C1. The molecule has 1 saturated heterocycles. The number of fused-ring (bicyclic) bond motifs is 6. The molecular weight excluding hydrogens is 438 g/mol. The number of rotatable bonds is 5. The first kappa shape index (κ1) is 20.4. The molecule has 1 unspecified atom stereocenters. The molecule has 0 spiro atoms. The van der Waals surface area contributed by atoms with Crippen molar-refractivity contribution in [3.05, 3.63) is 63.4 Å². The predicted molar refractivity (Wildman–Crippen MR) is 131 cm³/mol. The number of nitrogens with one attached hydrogen (secondary N) is 1. The molecule has 5 heterocycles. The molecule has 3 aromatic heterocycles. The number of hydrogen-bond donors (Lipinski definition) is 1. The molecule has 0 saturated carbocycles. The van der Waals surface area contributed by atoms with E-state index < -0.39 is 0 Å². The van der Waals surface area contributed by atoms with Crippen molar-refractivity contribution in [2.75, 3.05) is 37.7 Å². The molecule has 0 radical (unpaired) electrons. The van der Waals surface area contributed by atoms with Crippen molar-refractivity contribution in [3.63, 3.8) is 0 Å². The number of piperazine rings is 1. The van der Waals surface area contributed by atoms with Crippen LogP contribution in [0.5, 0.6) is 5.75 Å². The van der Waals surface area contributed by atoms with Gasteiger partial charge >= 0.3 is 5.69 Å². The van der Waals surface area contributed by atoms with Gasteiger partial charge in [-0.15, -0.1) is 11.3 Å². The van der Waals surface area contributed by atoms with E-state index in [1.165, 1.54) is 21.6 Å². The van der Waals surface area contributed by atoms with Crippen molar-refractivity contribution in [3.8, 4) is 5.75 Å². The van der Waals surface area contributed by atoms with Crippen LogP contribution in [0.25, 0.3) is 20.4 Å². The summed E-state index contributed by atoms with van der Waals surface area (Å²) in [5.41, 5.74) is 1.23. The maximum Gasteiger partial charge on any atom is 0.328 e. The lowest BCUT2D eigenvalue weighted by molar-refractivity contribution is 0.165. The number of para-hydroxylation sites is 2. The highest BCUT2D eigenvalue weighted by Gasteiger charge is 2.32. The van der Waals surface area contributed by atoms with Crippen LogP contribution in [0.4, 0.5) is 5.69 Å². The molecule has 170 valence electrons. The highest BCUT2D eigenvalue weighted by atomic mass is 32.1. The summed E-state index contributed by atoms with van der Waals surface area (Å²) in [6, 6.07) is 12.3. The van der Waals surface area contributed by atoms with Gasteiger partial charge in [-0.2, -0.15) is 0 Å². The van der Waals surface area contributed by atoms with Crippen LogP contribution in [-0.2, 0) is 6.54 Å². The molecule has 9 heteroatoms. The maximum absolute atomic E-state index is 13.0. The van der Waals surface area contributed by atoms with Crippen LogP contribution in [0.2, 0.25) is 0 Å². The number of pyridine rings is 1. The van der Waals surface area contributed by atoms with Gasteiger partial charge in [-0.3, -0.25) is 14.3 Å². The number of aromatic amines is 1. The van der Waals surface area contributed by atoms with Crippen LogP contribution < -0.4 is 20.9 Å². The molecule has 1 aromatic carbocycles. The molecule has 2 aliphatic rings. The number of ether oxygens (including phenoxy) is 1. The van der Waals surface area contributed by atoms with Gasteiger partial charge in [0.05, 0.1) is 17.2 Å². The first-order chi connectivity index (χ1) is 16.2. The molecule has 6 rings (SSSR count). The first-order valence-corrected chi connectivity index (χ1v) is 12.2. The average molecular weight is 464 g/mol. The summed E-state index contributed by atoms with van der Waals surface area (Å²) in [6.45, 7) is 5.05. The van der Waals surface area contributed by atoms with E-state index in [9.17, 15) is 9.59 Å². The summed E-state index contributed by atoms with van der Waals surface area (Å²) >= 11 is 1.34. The van der Waals surface area contributed by atoms with Gasteiger partial charge in [0.1, 0.15) is 21.9 Å². The van der Waals surface area contributed by atoms with Gasteiger partial charge in [0.25, 0.3) is 5.56 Å². The number of unbranched alkanes of at least 4 members (excludes halogenated alkanes) is 1. The smallest absolute Gasteiger partial charge is 0.328 e. The molecule has 2 aliphatic heterocycles. The topological polar surface area (TPSA) is 83.5 Å². The lowest BCUT2D eigenvalue weighted by Crippen LogP contribution is -2.57. The molecule has 1 fully saturated rings. The first-order valence-electron chi connectivity index (χ1n) is 11.4. The molecule has 8 nitrogen and oxygen atoms in total. The van der Waals surface area contributed by atoms with Crippen molar-refractivity contribution >= 4 is 37.5 Å². The minimum absolute atomic E-state index is 0.219. The van der Waals surface area contributed by atoms with Crippen LogP contribution in [0.1, 0.15) is 12.8 Å². The van der Waals surface area contributed by atoms with E-state index in [-0.39, 0.29) is 11.2 Å². The summed E-state index contributed by atoms with van der Waals surface area (Å²) in [5, 5.41) is 0.826. The average Bonchev–Trinajstić information content (AvgIpc) is 3.22. The fourth-order valence-corrected chi connectivity index (χ4v) is 6.04. The summed E-state index contributed by atoms with van der Waals surface area (Å²) < 4.78 is 7.86. The lowest BCUT2D eigenvalue weighted by Gasteiger charge is -2.45. The van der Waals surface area contributed by atoms with Crippen molar-refractivity contribution in [1.29, 1.82) is 0 Å². The second-order valence-electron chi connectivity index (χ2n) is 8.68. The minimum atomic E-state index is -0.345. The number of nitrogens with zero attached hydrogens (tertiary/aromatic N) is 4. The number of thiophene rings is 1. The van der Waals surface area contributed by atoms with Crippen molar-refractivity contribution < 1.29 is 4.74 Å². The number of aromatic nitrogens is 3. The minimum Gasteiger partial charge on any atom is -0.489 e. The molecule has 0 amide bonds. The Morgan fingerprint density at radius 3 is 2.91 bits per heavy atom. The van der Waals surface area contributed by atoms with Crippen LogP contribution in [0, 0.1) is 0 Å². The molecule has 1 N–H and O–H groups in total. The van der Waals surface area contributed by atoms with Crippen molar-refractivity contribution in [2.45, 2.75) is 25.4 Å². The van der Waals surface area contributed by atoms with E-state index in [0.29, 0.717) is 29.4 Å². The van der Waals surface area contributed by atoms with Gasteiger partial charge in [0, 0.05) is 37.8 Å². The van der Waals surface area contributed by atoms with E-state index in [1.807, 2.05) is 24.3 Å². The van der Waals surface area contributed by atoms with Gasteiger partial charge < -0.3 is 14.6 Å². The third-order valence-electron chi connectivity index (χ3n) is 6.66. The number of H-pyrrole nitrogens is 1. The number of anilines is 1. The molecule has 4 aromatic rings. The van der Waals surface area contributed by atoms with Gasteiger partial charge in [-0.25, -0.2) is 9.78 Å². The van der Waals surface area contributed by atoms with Gasteiger partial charge in [-0.1, -0.05) is 12.1 Å². The van der Waals surface area contributed by atoms with Crippen LogP contribution >= 0.6 is 11.3 Å². The van der Waals surface area contributed by atoms with Crippen molar-refractivity contribution in [1.82, 2.24) is 19.4 Å². The quantitative estimate of drug-likeness (QED) is 0.458. The molecular formula is C24H25N5O3S. The Bertz CT molecular complexity index is 1440. The van der Waals surface area contributed by atoms with Gasteiger partial charge in [0.15, 0.2) is 0 Å². The zero-order valence-electron chi connectivity index (χ0n) is 18.2. The van der Waals surface area contributed by atoms with E-state index in [0.717, 1.165) is 55.0 Å². The van der Waals surface area contributed by atoms with Crippen LogP contribution in [0.15, 0.2) is 52.2 Å². The van der Waals surface area contributed by atoms with Gasteiger partial charge in [0.2, 0.25) is 0 Å². The van der Waals surface area contributed by atoms with E-state index >= 15 is 0 Å². The Kier molecular flexibility index (Phi) is 5.15. The number of benzene rings is 1. The van der Waals surface area contributed by atoms with Crippen LogP contribution in [0.3, 0.4) is 0 Å². The Labute approximate surface area is 194 Å². The van der Waals surface area contributed by atoms with Crippen LogP contribution in [-0.4, -0.2) is 58.3 Å². The highest BCUT2D eigenvalue weighted by Crippen LogP contribution is 2.34. The second-order valence-corrected chi connectivity index (χ2v) is 9.68. The molecule has 1 atom stereocenters. The molecule has 33 heavy (non-hydrogen) atoms. The van der Waals surface area contributed by atoms with Gasteiger partial charge in [-0.05, 0) is 43.7 Å². The molecule has 0 bridgehead atoms. The molecule has 0 aliphatic carbocycles. The summed E-state index contributed by atoms with van der Waals surface area (Å²) in [7, 11) is 0. The Hall–Kier alpha value is -3.17.